The number of benzene rings is 1. The molecule has 0 aliphatic carbocycles. The predicted molar refractivity (Wildman–Crippen MR) is 81.1 cm³/mol. The molecule has 106 valence electrons. The largest absolute Gasteiger partial charge is 0.494 e. The summed E-state index contributed by atoms with van der Waals surface area (Å²) in [6, 6.07) is 9.19. The zero-order valence-electron chi connectivity index (χ0n) is 12.2. The summed E-state index contributed by atoms with van der Waals surface area (Å²) in [5.74, 6) is 0.964. The van der Waals surface area contributed by atoms with Gasteiger partial charge in [0.05, 0.1) is 6.61 Å². The lowest BCUT2D eigenvalue weighted by Gasteiger charge is -2.30. The topological polar surface area (TPSA) is 24.5 Å². The highest BCUT2D eigenvalue weighted by atomic mass is 16.5. The van der Waals surface area contributed by atoms with Crippen LogP contribution in [0.2, 0.25) is 0 Å². The highest BCUT2D eigenvalue weighted by molar-refractivity contribution is 5.49. The average molecular weight is 262 g/mol. The van der Waals surface area contributed by atoms with Crippen LogP contribution in [0.15, 0.2) is 24.3 Å². The summed E-state index contributed by atoms with van der Waals surface area (Å²) in [5, 5.41) is 3.62. The molecule has 1 aromatic carbocycles. The maximum atomic E-state index is 5.50. The second-order valence-electron chi connectivity index (χ2n) is 5.12. The number of rotatable bonds is 4. The van der Waals surface area contributed by atoms with E-state index < -0.39 is 0 Å². The van der Waals surface area contributed by atoms with Gasteiger partial charge in [0.15, 0.2) is 0 Å². The van der Waals surface area contributed by atoms with Crippen molar-refractivity contribution < 1.29 is 4.74 Å². The van der Waals surface area contributed by atoms with Crippen molar-refractivity contribution in [1.29, 1.82) is 0 Å². The van der Waals surface area contributed by atoms with Crippen LogP contribution < -0.4 is 15.0 Å². The molecule has 1 aliphatic rings. The summed E-state index contributed by atoms with van der Waals surface area (Å²) >= 11 is 0. The Morgan fingerprint density at radius 3 is 2.68 bits per heavy atom. The maximum Gasteiger partial charge on any atom is 0.119 e. The van der Waals surface area contributed by atoms with Crippen molar-refractivity contribution in [2.24, 2.45) is 0 Å². The number of hydrogen-bond acceptors (Lipinski definition) is 3. The van der Waals surface area contributed by atoms with Crippen molar-refractivity contribution in [3.63, 3.8) is 0 Å². The summed E-state index contributed by atoms with van der Waals surface area (Å²) in [7, 11) is 0. The molecule has 0 amide bonds. The first-order valence-corrected chi connectivity index (χ1v) is 7.54. The molecule has 3 heteroatoms. The Kier molecular flexibility index (Phi) is 5.52. The molecule has 0 radical (unpaired) electrons. The van der Waals surface area contributed by atoms with Crippen LogP contribution in [0.4, 0.5) is 5.69 Å². The SMILES string of the molecule is CCOc1ccc(N2CCCNC(CC)CC2)cc1. The van der Waals surface area contributed by atoms with Gasteiger partial charge in [-0.25, -0.2) is 0 Å². The Morgan fingerprint density at radius 2 is 2.00 bits per heavy atom. The molecule has 1 aromatic rings. The van der Waals surface area contributed by atoms with E-state index in [1.165, 1.54) is 24.9 Å². The van der Waals surface area contributed by atoms with E-state index in [9.17, 15) is 0 Å². The van der Waals surface area contributed by atoms with Gasteiger partial charge in [-0.05, 0) is 57.0 Å². The standard InChI is InChI=1S/C16H26N2O/c1-3-14-10-13-18(12-5-11-17-14)15-6-8-16(9-7-15)19-4-2/h6-9,14,17H,3-5,10-13H2,1-2H3. The smallest absolute Gasteiger partial charge is 0.119 e. The average Bonchev–Trinajstić information content (AvgIpc) is 2.41. The van der Waals surface area contributed by atoms with Gasteiger partial charge in [0.1, 0.15) is 5.75 Å². The van der Waals surface area contributed by atoms with Crippen molar-refractivity contribution >= 4 is 5.69 Å². The second-order valence-corrected chi connectivity index (χ2v) is 5.12. The predicted octanol–water partition coefficient (Wildman–Crippen LogP) is 3.05. The Hall–Kier alpha value is -1.22. The van der Waals surface area contributed by atoms with E-state index in [1.807, 2.05) is 6.92 Å². The van der Waals surface area contributed by atoms with Gasteiger partial charge in [-0.15, -0.1) is 0 Å². The van der Waals surface area contributed by atoms with E-state index in [0.717, 1.165) is 32.0 Å². The van der Waals surface area contributed by atoms with Gasteiger partial charge in [0, 0.05) is 24.8 Å². The molecule has 0 aromatic heterocycles. The molecule has 1 heterocycles. The molecule has 1 unspecified atom stereocenters. The second kappa shape index (κ2) is 7.39. The molecule has 1 aliphatic heterocycles. The third-order valence-electron chi connectivity index (χ3n) is 3.79. The van der Waals surface area contributed by atoms with E-state index in [2.05, 4.69) is 41.4 Å². The number of nitrogens with zero attached hydrogens (tertiary/aromatic N) is 1. The maximum absolute atomic E-state index is 5.50. The van der Waals surface area contributed by atoms with Crippen molar-refractivity contribution in [3.8, 4) is 5.75 Å². The molecule has 3 nitrogen and oxygen atoms in total. The van der Waals surface area contributed by atoms with Crippen LogP contribution in [0.25, 0.3) is 0 Å². The van der Waals surface area contributed by atoms with E-state index in [1.54, 1.807) is 0 Å². The van der Waals surface area contributed by atoms with Crippen molar-refractivity contribution in [2.75, 3.05) is 31.1 Å². The Balaban J connectivity index is 1.98. The fraction of sp³-hybridized carbons (Fsp3) is 0.625. The lowest BCUT2D eigenvalue weighted by molar-refractivity contribution is 0.340. The lowest BCUT2D eigenvalue weighted by Crippen LogP contribution is -2.39. The molecule has 1 atom stereocenters. The monoisotopic (exact) mass is 262 g/mol. The van der Waals surface area contributed by atoms with Gasteiger partial charge in [-0.2, -0.15) is 0 Å². The normalized spacial score (nSPS) is 20.7. The van der Waals surface area contributed by atoms with Gasteiger partial charge in [-0.3, -0.25) is 0 Å². The fourth-order valence-electron chi connectivity index (χ4n) is 2.63. The molecule has 0 spiro atoms. The van der Waals surface area contributed by atoms with Crippen LogP contribution in [-0.4, -0.2) is 32.3 Å². The molecule has 1 N–H and O–H groups in total. The number of ether oxygens (including phenoxy) is 1. The first kappa shape index (κ1) is 14.2. The highest BCUT2D eigenvalue weighted by Crippen LogP contribution is 2.21. The quantitative estimate of drug-likeness (QED) is 0.902. The first-order valence-electron chi connectivity index (χ1n) is 7.54. The minimum Gasteiger partial charge on any atom is -0.494 e. The van der Waals surface area contributed by atoms with E-state index in [0.29, 0.717) is 6.04 Å². The Bertz CT molecular complexity index is 364. The summed E-state index contributed by atoms with van der Waals surface area (Å²) in [6.07, 6.45) is 3.66. The van der Waals surface area contributed by atoms with Crippen LogP contribution in [0, 0.1) is 0 Å². The van der Waals surface area contributed by atoms with Crippen LogP contribution in [-0.2, 0) is 0 Å². The molecule has 19 heavy (non-hydrogen) atoms. The van der Waals surface area contributed by atoms with Crippen LogP contribution in [0.5, 0.6) is 5.75 Å². The van der Waals surface area contributed by atoms with Gasteiger partial charge in [0.2, 0.25) is 0 Å². The molecule has 1 fully saturated rings. The fourth-order valence-corrected chi connectivity index (χ4v) is 2.63. The van der Waals surface area contributed by atoms with Gasteiger partial charge >= 0.3 is 0 Å². The van der Waals surface area contributed by atoms with Crippen molar-refractivity contribution in [2.45, 2.75) is 39.2 Å². The third kappa shape index (κ3) is 4.13. The van der Waals surface area contributed by atoms with Gasteiger partial charge in [-0.1, -0.05) is 6.92 Å². The van der Waals surface area contributed by atoms with Crippen molar-refractivity contribution in [3.05, 3.63) is 24.3 Å². The lowest BCUT2D eigenvalue weighted by atomic mass is 10.1. The van der Waals surface area contributed by atoms with E-state index in [4.69, 9.17) is 4.74 Å². The van der Waals surface area contributed by atoms with Crippen LogP contribution in [0.1, 0.15) is 33.1 Å². The van der Waals surface area contributed by atoms with Gasteiger partial charge in [0.25, 0.3) is 0 Å². The van der Waals surface area contributed by atoms with E-state index >= 15 is 0 Å². The van der Waals surface area contributed by atoms with E-state index in [-0.39, 0.29) is 0 Å². The number of anilines is 1. The Morgan fingerprint density at radius 1 is 1.21 bits per heavy atom. The summed E-state index contributed by atoms with van der Waals surface area (Å²) in [4.78, 5) is 2.50. The minimum absolute atomic E-state index is 0.672. The summed E-state index contributed by atoms with van der Waals surface area (Å²) < 4.78 is 5.50. The summed E-state index contributed by atoms with van der Waals surface area (Å²) in [5.41, 5.74) is 1.32. The Labute approximate surface area is 116 Å². The highest BCUT2D eigenvalue weighted by Gasteiger charge is 2.13. The molecule has 0 bridgehead atoms. The molecular weight excluding hydrogens is 236 g/mol. The zero-order valence-corrected chi connectivity index (χ0v) is 12.2. The molecule has 2 rings (SSSR count). The zero-order chi connectivity index (χ0) is 13.5. The van der Waals surface area contributed by atoms with Crippen LogP contribution >= 0.6 is 0 Å². The molecule has 1 saturated heterocycles. The number of hydrogen-bond donors (Lipinski definition) is 1. The molecule has 0 saturated carbocycles. The third-order valence-corrected chi connectivity index (χ3v) is 3.79. The molecular formula is C16H26N2O. The minimum atomic E-state index is 0.672. The van der Waals surface area contributed by atoms with Gasteiger partial charge < -0.3 is 15.0 Å². The van der Waals surface area contributed by atoms with Crippen LogP contribution in [0.3, 0.4) is 0 Å². The number of nitrogens with one attached hydrogen (secondary N) is 1. The summed E-state index contributed by atoms with van der Waals surface area (Å²) in [6.45, 7) is 8.42. The first-order chi connectivity index (χ1) is 9.33. The van der Waals surface area contributed by atoms with Crippen molar-refractivity contribution in [1.82, 2.24) is 5.32 Å².